The van der Waals surface area contributed by atoms with Crippen LogP contribution in [0.2, 0.25) is 0 Å². The van der Waals surface area contributed by atoms with Gasteiger partial charge in [-0.05, 0) is 38.4 Å². The number of benzene rings is 1. The highest BCUT2D eigenvalue weighted by atomic mass is 32.1. The maximum absolute atomic E-state index is 4.29. The number of thiazole rings is 1. The van der Waals surface area contributed by atoms with Crippen molar-refractivity contribution in [3.63, 3.8) is 0 Å². The van der Waals surface area contributed by atoms with Crippen molar-refractivity contribution in [2.45, 2.75) is 32.9 Å². The number of aryl methyl sites for hydroxylation is 1. The number of piperazine rings is 1. The molecule has 1 fully saturated rings. The van der Waals surface area contributed by atoms with E-state index in [4.69, 9.17) is 0 Å². The molecular formula is C20H30N4S. The molecule has 0 aliphatic carbocycles. The van der Waals surface area contributed by atoms with Crippen LogP contribution in [0.15, 0.2) is 36.5 Å². The van der Waals surface area contributed by atoms with Crippen LogP contribution in [0.25, 0.3) is 0 Å². The fraction of sp³-hybridized carbons (Fsp3) is 0.550. The lowest BCUT2D eigenvalue weighted by molar-refractivity contribution is 0.125. The summed E-state index contributed by atoms with van der Waals surface area (Å²) in [5, 5.41) is 4.69. The summed E-state index contributed by atoms with van der Waals surface area (Å²) < 4.78 is 0. The quantitative estimate of drug-likeness (QED) is 0.698. The van der Waals surface area contributed by atoms with Gasteiger partial charge in [-0.3, -0.25) is 4.90 Å². The van der Waals surface area contributed by atoms with E-state index < -0.39 is 0 Å². The van der Waals surface area contributed by atoms with Gasteiger partial charge in [-0.25, -0.2) is 4.98 Å². The van der Waals surface area contributed by atoms with E-state index in [1.807, 2.05) is 6.20 Å². The Morgan fingerprint density at radius 3 is 2.52 bits per heavy atom. The maximum Gasteiger partial charge on any atom is 0.0897 e. The molecule has 0 radical (unpaired) electrons. The van der Waals surface area contributed by atoms with Gasteiger partial charge in [0.25, 0.3) is 0 Å². The summed E-state index contributed by atoms with van der Waals surface area (Å²) in [5.41, 5.74) is 1.43. The number of rotatable bonds is 9. The summed E-state index contributed by atoms with van der Waals surface area (Å²) in [6, 6.07) is 10.8. The number of hydrogen-bond donors (Lipinski definition) is 1. The van der Waals surface area contributed by atoms with Crippen molar-refractivity contribution in [3.05, 3.63) is 52.0 Å². The molecule has 4 nitrogen and oxygen atoms in total. The van der Waals surface area contributed by atoms with E-state index in [1.54, 1.807) is 11.3 Å². The van der Waals surface area contributed by atoms with Crippen molar-refractivity contribution >= 4 is 11.3 Å². The first kappa shape index (κ1) is 18.5. The van der Waals surface area contributed by atoms with Gasteiger partial charge in [0, 0.05) is 50.3 Å². The van der Waals surface area contributed by atoms with Crippen molar-refractivity contribution in [2.24, 2.45) is 0 Å². The van der Waals surface area contributed by atoms with Gasteiger partial charge < -0.3 is 10.2 Å². The van der Waals surface area contributed by atoms with Crippen LogP contribution in [0.5, 0.6) is 0 Å². The monoisotopic (exact) mass is 358 g/mol. The maximum atomic E-state index is 4.29. The van der Waals surface area contributed by atoms with E-state index in [0.29, 0.717) is 0 Å². The Morgan fingerprint density at radius 2 is 1.80 bits per heavy atom. The second-order valence-corrected chi connectivity index (χ2v) is 8.15. The highest BCUT2D eigenvalue weighted by molar-refractivity contribution is 7.11. The van der Waals surface area contributed by atoms with Gasteiger partial charge in [0.1, 0.15) is 0 Å². The summed E-state index contributed by atoms with van der Waals surface area (Å²) >= 11 is 1.79. The van der Waals surface area contributed by atoms with Crippen molar-refractivity contribution in [1.82, 2.24) is 20.1 Å². The van der Waals surface area contributed by atoms with Crippen LogP contribution in [0, 0.1) is 6.92 Å². The van der Waals surface area contributed by atoms with E-state index in [2.05, 4.69) is 57.4 Å². The predicted molar refractivity (Wildman–Crippen MR) is 106 cm³/mol. The molecule has 1 aliphatic rings. The van der Waals surface area contributed by atoms with Gasteiger partial charge in [-0.15, -0.1) is 11.3 Å². The first-order chi connectivity index (χ1) is 12.3. The molecule has 5 heteroatoms. The zero-order valence-corrected chi connectivity index (χ0v) is 16.1. The molecule has 136 valence electrons. The van der Waals surface area contributed by atoms with Crippen LogP contribution in [-0.2, 0) is 13.1 Å². The van der Waals surface area contributed by atoms with Crippen LogP contribution in [0.3, 0.4) is 0 Å². The molecule has 1 saturated heterocycles. The number of unbranched alkanes of at least 4 members (excludes halogenated alkanes) is 1. The fourth-order valence-electron chi connectivity index (χ4n) is 3.30. The Balaban J connectivity index is 1.22. The van der Waals surface area contributed by atoms with Gasteiger partial charge in [-0.1, -0.05) is 30.3 Å². The standard InChI is InChI=1S/C20H30N4S/c1-18-22-16-20(25-18)15-21-9-5-6-10-23-11-13-24(14-12-23)17-19-7-3-2-4-8-19/h2-4,7-8,16,21H,5-6,9-15,17H2,1H3. The van der Waals surface area contributed by atoms with Crippen LogP contribution in [0.4, 0.5) is 0 Å². The summed E-state index contributed by atoms with van der Waals surface area (Å²) in [7, 11) is 0. The second kappa shape index (κ2) is 10.0. The average Bonchev–Trinajstić information content (AvgIpc) is 3.05. The molecule has 0 spiro atoms. The van der Waals surface area contributed by atoms with Gasteiger partial charge in [0.05, 0.1) is 5.01 Å². The summed E-state index contributed by atoms with van der Waals surface area (Å²) in [4.78, 5) is 10.8. The molecule has 1 aromatic carbocycles. The normalized spacial score (nSPS) is 16.4. The van der Waals surface area contributed by atoms with Crippen molar-refractivity contribution in [2.75, 3.05) is 39.3 Å². The highest BCUT2D eigenvalue weighted by Crippen LogP contribution is 2.11. The lowest BCUT2D eigenvalue weighted by Crippen LogP contribution is -2.46. The Labute approximate surface area is 155 Å². The molecular weight excluding hydrogens is 328 g/mol. The number of aromatic nitrogens is 1. The molecule has 0 unspecified atom stereocenters. The zero-order valence-electron chi connectivity index (χ0n) is 15.3. The first-order valence-electron chi connectivity index (χ1n) is 9.40. The third-order valence-electron chi connectivity index (χ3n) is 4.76. The van der Waals surface area contributed by atoms with Gasteiger partial charge in [-0.2, -0.15) is 0 Å². The van der Waals surface area contributed by atoms with Crippen LogP contribution in [-0.4, -0.2) is 54.1 Å². The molecule has 0 amide bonds. The number of nitrogens with one attached hydrogen (secondary N) is 1. The average molecular weight is 359 g/mol. The summed E-state index contributed by atoms with van der Waals surface area (Å²) in [5.74, 6) is 0. The van der Waals surface area contributed by atoms with Crippen LogP contribution < -0.4 is 5.32 Å². The zero-order chi connectivity index (χ0) is 17.3. The Bertz CT molecular complexity index is 605. The Morgan fingerprint density at radius 1 is 1.04 bits per heavy atom. The molecule has 1 aromatic heterocycles. The Kier molecular flexibility index (Phi) is 7.42. The molecule has 1 N–H and O–H groups in total. The van der Waals surface area contributed by atoms with E-state index in [0.717, 1.165) is 24.6 Å². The topological polar surface area (TPSA) is 31.4 Å². The molecule has 1 aliphatic heterocycles. The summed E-state index contributed by atoms with van der Waals surface area (Å²) in [6.45, 7) is 11.3. The van der Waals surface area contributed by atoms with E-state index in [-0.39, 0.29) is 0 Å². The summed E-state index contributed by atoms with van der Waals surface area (Å²) in [6.07, 6.45) is 4.53. The van der Waals surface area contributed by atoms with Crippen LogP contribution in [0.1, 0.15) is 28.3 Å². The molecule has 0 atom stereocenters. The van der Waals surface area contributed by atoms with Gasteiger partial charge in [0.2, 0.25) is 0 Å². The molecule has 0 saturated carbocycles. The number of hydrogen-bond acceptors (Lipinski definition) is 5. The van der Waals surface area contributed by atoms with Crippen molar-refractivity contribution in [3.8, 4) is 0 Å². The predicted octanol–water partition coefficient (Wildman–Crippen LogP) is 3.14. The molecule has 2 aromatic rings. The van der Waals surface area contributed by atoms with Crippen molar-refractivity contribution < 1.29 is 0 Å². The van der Waals surface area contributed by atoms with Gasteiger partial charge in [0.15, 0.2) is 0 Å². The highest BCUT2D eigenvalue weighted by Gasteiger charge is 2.16. The van der Waals surface area contributed by atoms with E-state index in [1.165, 1.54) is 56.0 Å². The van der Waals surface area contributed by atoms with E-state index >= 15 is 0 Å². The molecule has 25 heavy (non-hydrogen) atoms. The molecule has 3 rings (SSSR count). The van der Waals surface area contributed by atoms with Crippen molar-refractivity contribution in [1.29, 1.82) is 0 Å². The van der Waals surface area contributed by atoms with Gasteiger partial charge >= 0.3 is 0 Å². The minimum Gasteiger partial charge on any atom is -0.312 e. The Hall–Kier alpha value is -1.27. The third kappa shape index (κ3) is 6.51. The van der Waals surface area contributed by atoms with Crippen LogP contribution >= 0.6 is 11.3 Å². The minimum absolute atomic E-state index is 0.962. The lowest BCUT2D eigenvalue weighted by Gasteiger charge is -2.34. The van der Waals surface area contributed by atoms with E-state index in [9.17, 15) is 0 Å². The molecule has 2 heterocycles. The lowest BCUT2D eigenvalue weighted by atomic mass is 10.2. The largest absolute Gasteiger partial charge is 0.312 e. The third-order valence-corrected chi connectivity index (χ3v) is 5.67. The smallest absolute Gasteiger partial charge is 0.0897 e. The fourth-order valence-corrected chi connectivity index (χ4v) is 4.06. The minimum atomic E-state index is 0.962. The second-order valence-electron chi connectivity index (χ2n) is 6.83. The SMILES string of the molecule is Cc1ncc(CNCCCCN2CCN(Cc3ccccc3)CC2)s1. The number of nitrogens with zero attached hydrogens (tertiary/aromatic N) is 3. The first-order valence-corrected chi connectivity index (χ1v) is 10.2. The molecule has 0 bridgehead atoms.